The summed E-state index contributed by atoms with van der Waals surface area (Å²) in [7, 11) is 0. The Morgan fingerprint density at radius 1 is 1.39 bits per heavy atom. The molecule has 1 aliphatic rings. The molecule has 0 aliphatic carbocycles. The highest BCUT2D eigenvalue weighted by Crippen LogP contribution is 2.31. The summed E-state index contributed by atoms with van der Waals surface area (Å²) in [6, 6.07) is 3.44. The zero-order chi connectivity index (χ0) is 12.5. The van der Waals surface area contributed by atoms with Crippen LogP contribution < -0.4 is 0 Å². The molecule has 0 spiro atoms. The van der Waals surface area contributed by atoms with E-state index in [1.807, 2.05) is 28.4 Å². The lowest BCUT2D eigenvalue weighted by Gasteiger charge is -2.20. The predicted octanol–water partition coefficient (Wildman–Crippen LogP) is 2.64. The van der Waals surface area contributed by atoms with Gasteiger partial charge in [-0.05, 0) is 36.5 Å². The van der Waals surface area contributed by atoms with Crippen LogP contribution in [0.15, 0.2) is 24.5 Å². The van der Waals surface area contributed by atoms with E-state index in [9.17, 15) is 4.79 Å². The number of carboxylic acids is 1. The molecule has 3 rings (SSSR count). The van der Waals surface area contributed by atoms with Crippen LogP contribution in [0, 0.1) is 0 Å². The lowest BCUT2D eigenvalue weighted by molar-refractivity contribution is 0.0696. The van der Waals surface area contributed by atoms with Crippen LogP contribution in [0.25, 0.3) is 5.52 Å². The molecule has 0 aromatic carbocycles. The number of pyridine rings is 1. The Bertz CT molecular complexity index is 588. The van der Waals surface area contributed by atoms with Crippen LogP contribution in [0.1, 0.15) is 34.9 Å². The van der Waals surface area contributed by atoms with Crippen molar-refractivity contribution in [3.8, 4) is 0 Å². The Balaban J connectivity index is 2.05. The van der Waals surface area contributed by atoms with Crippen molar-refractivity contribution in [2.45, 2.75) is 18.8 Å². The van der Waals surface area contributed by atoms with E-state index in [-0.39, 0.29) is 0 Å². The number of aromatic nitrogens is 2. The third-order valence-electron chi connectivity index (χ3n) is 3.39. The van der Waals surface area contributed by atoms with Gasteiger partial charge in [0.25, 0.3) is 0 Å². The molecule has 1 N–H and O–H groups in total. The largest absolute Gasteiger partial charge is 0.478 e. The molecule has 0 amide bonds. The summed E-state index contributed by atoms with van der Waals surface area (Å²) in [6.45, 7) is 0. The topological polar surface area (TPSA) is 54.6 Å². The van der Waals surface area contributed by atoms with Gasteiger partial charge in [-0.25, -0.2) is 9.78 Å². The van der Waals surface area contributed by atoms with E-state index in [2.05, 4.69) is 4.98 Å². The van der Waals surface area contributed by atoms with Crippen LogP contribution in [0.5, 0.6) is 0 Å². The molecule has 1 saturated heterocycles. The smallest absolute Gasteiger partial charge is 0.337 e. The molecule has 1 fully saturated rings. The van der Waals surface area contributed by atoms with Gasteiger partial charge >= 0.3 is 5.97 Å². The number of rotatable bonds is 2. The second-order valence-corrected chi connectivity index (χ2v) is 5.75. The first-order valence-corrected chi connectivity index (χ1v) is 7.19. The van der Waals surface area contributed by atoms with E-state index in [4.69, 9.17) is 5.11 Å². The minimum Gasteiger partial charge on any atom is -0.478 e. The summed E-state index contributed by atoms with van der Waals surface area (Å²) >= 11 is 1.98. The third kappa shape index (κ3) is 1.99. The van der Waals surface area contributed by atoms with Gasteiger partial charge in [0.2, 0.25) is 0 Å². The average molecular weight is 262 g/mol. The van der Waals surface area contributed by atoms with E-state index in [0.29, 0.717) is 11.5 Å². The summed E-state index contributed by atoms with van der Waals surface area (Å²) in [5.74, 6) is 2.90. The zero-order valence-electron chi connectivity index (χ0n) is 9.87. The van der Waals surface area contributed by atoms with E-state index < -0.39 is 5.97 Å². The SMILES string of the molecule is O=C(O)c1ccc2cnc(C3CCSCC3)n2c1. The maximum absolute atomic E-state index is 11.0. The summed E-state index contributed by atoms with van der Waals surface area (Å²) in [6.07, 6.45) is 5.76. The van der Waals surface area contributed by atoms with Crippen molar-refractivity contribution in [3.05, 3.63) is 35.9 Å². The number of carboxylic acid groups (broad SMARTS) is 1. The van der Waals surface area contributed by atoms with Gasteiger partial charge in [-0.3, -0.25) is 0 Å². The van der Waals surface area contributed by atoms with Crippen molar-refractivity contribution in [2.75, 3.05) is 11.5 Å². The first-order chi connectivity index (χ1) is 8.75. The Kier molecular flexibility index (Phi) is 2.99. The lowest BCUT2D eigenvalue weighted by atomic mass is 10.0. The molecule has 3 heterocycles. The predicted molar refractivity (Wildman–Crippen MR) is 71.5 cm³/mol. The van der Waals surface area contributed by atoms with Crippen molar-refractivity contribution >= 4 is 23.2 Å². The fraction of sp³-hybridized carbons (Fsp3) is 0.385. The molecule has 4 nitrogen and oxygen atoms in total. The number of thioether (sulfide) groups is 1. The number of nitrogens with zero attached hydrogens (tertiary/aromatic N) is 2. The number of hydrogen-bond donors (Lipinski definition) is 1. The number of imidazole rings is 1. The Hall–Kier alpha value is -1.49. The van der Waals surface area contributed by atoms with E-state index in [0.717, 1.165) is 35.7 Å². The van der Waals surface area contributed by atoms with Gasteiger partial charge in [0.15, 0.2) is 0 Å². The molecule has 0 radical (unpaired) electrons. The highest BCUT2D eigenvalue weighted by Gasteiger charge is 2.20. The first-order valence-electron chi connectivity index (χ1n) is 6.04. The molecule has 18 heavy (non-hydrogen) atoms. The van der Waals surface area contributed by atoms with Gasteiger partial charge in [0, 0.05) is 12.1 Å². The fourth-order valence-electron chi connectivity index (χ4n) is 2.39. The van der Waals surface area contributed by atoms with Crippen LogP contribution in [0.4, 0.5) is 0 Å². The van der Waals surface area contributed by atoms with Crippen LogP contribution in [0.3, 0.4) is 0 Å². The molecular weight excluding hydrogens is 248 g/mol. The molecule has 0 saturated carbocycles. The summed E-state index contributed by atoms with van der Waals surface area (Å²) in [5, 5.41) is 9.05. The number of aromatic carboxylic acids is 1. The van der Waals surface area contributed by atoms with Gasteiger partial charge in [-0.1, -0.05) is 0 Å². The maximum atomic E-state index is 11.0. The summed E-state index contributed by atoms with van der Waals surface area (Å²) in [5.41, 5.74) is 1.28. The summed E-state index contributed by atoms with van der Waals surface area (Å²) < 4.78 is 1.93. The minimum absolute atomic E-state index is 0.312. The number of carbonyl (C=O) groups is 1. The van der Waals surface area contributed by atoms with E-state index >= 15 is 0 Å². The van der Waals surface area contributed by atoms with Gasteiger partial charge < -0.3 is 9.51 Å². The molecule has 94 valence electrons. The van der Waals surface area contributed by atoms with E-state index in [1.54, 1.807) is 12.3 Å². The number of hydrogen-bond acceptors (Lipinski definition) is 3. The highest BCUT2D eigenvalue weighted by atomic mass is 32.2. The highest BCUT2D eigenvalue weighted by molar-refractivity contribution is 7.99. The molecule has 0 bridgehead atoms. The van der Waals surface area contributed by atoms with Crippen molar-refractivity contribution in [1.82, 2.24) is 9.38 Å². The molecule has 1 aliphatic heterocycles. The minimum atomic E-state index is -0.893. The van der Waals surface area contributed by atoms with Crippen molar-refractivity contribution in [1.29, 1.82) is 0 Å². The number of fused-ring (bicyclic) bond motifs is 1. The summed E-state index contributed by atoms with van der Waals surface area (Å²) in [4.78, 5) is 15.5. The van der Waals surface area contributed by atoms with Gasteiger partial charge in [0.05, 0.1) is 17.3 Å². The van der Waals surface area contributed by atoms with E-state index in [1.165, 1.54) is 0 Å². The van der Waals surface area contributed by atoms with Crippen LogP contribution in [-0.4, -0.2) is 32.0 Å². The standard InChI is InChI=1S/C13H14N2O2S/c16-13(17)10-1-2-11-7-14-12(15(11)8-10)9-3-5-18-6-4-9/h1-2,7-9H,3-6H2,(H,16,17). The Labute approximate surface area is 109 Å². The molecule has 0 unspecified atom stereocenters. The third-order valence-corrected chi connectivity index (χ3v) is 4.44. The van der Waals surface area contributed by atoms with Crippen molar-refractivity contribution in [2.24, 2.45) is 0 Å². The average Bonchev–Trinajstić information content (AvgIpc) is 2.82. The zero-order valence-corrected chi connectivity index (χ0v) is 10.7. The second-order valence-electron chi connectivity index (χ2n) is 4.52. The molecule has 0 atom stereocenters. The van der Waals surface area contributed by atoms with Gasteiger partial charge in [0.1, 0.15) is 5.82 Å². The Morgan fingerprint density at radius 2 is 2.17 bits per heavy atom. The van der Waals surface area contributed by atoms with Crippen molar-refractivity contribution in [3.63, 3.8) is 0 Å². The second kappa shape index (κ2) is 4.65. The van der Waals surface area contributed by atoms with Crippen LogP contribution >= 0.6 is 11.8 Å². The molecule has 2 aromatic rings. The van der Waals surface area contributed by atoms with Gasteiger partial charge in [-0.2, -0.15) is 11.8 Å². The Morgan fingerprint density at radius 3 is 2.89 bits per heavy atom. The first kappa shape index (κ1) is 11.6. The fourth-order valence-corrected chi connectivity index (χ4v) is 3.50. The maximum Gasteiger partial charge on any atom is 0.337 e. The van der Waals surface area contributed by atoms with Crippen LogP contribution in [0.2, 0.25) is 0 Å². The van der Waals surface area contributed by atoms with Crippen molar-refractivity contribution < 1.29 is 9.90 Å². The van der Waals surface area contributed by atoms with Crippen LogP contribution in [-0.2, 0) is 0 Å². The molecular formula is C13H14N2O2S. The van der Waals surface area contributed by atoms with Gasteiger partial charge in [-0.15, -0.1) is 0 Å². The molecule has 5 heteroatoms. The molecule has 2 aromatic heterocycles. The normalized spacial score (nSPS) is 17.1. The quantitative estimate of drug-likeness (QED) is 0.904. The lowest BCUT2D eigenvalue weighted by Crippen LogP contribution is -2.11. The monoisotopic (exact) mass is 262 g/mol.